The number of carbonyl (C=O) groups excluding carboxylic acids is 4. The van der Waals surface area contributed by atoms with E-state index >= 15 is 0 Å². The maximum Gasteiger partial charge on any atom is 1.00 e. The van der Waals surface area contributed by atoms with Gasteiger partial charge in [-0.2, -0.15) is 52.7 Å². The second kappa shape index (κ2) is 14.2. The molecule has 0 aliphatic heterocycles. The SMILES string of the molecule is O=C([O-])C(C(=O)[O-])(C(F)(F)F)C(F)(F)F.O=C([O-])C(C(=O)[O-])(C(F)(F)F)C(F)(F)F.[Li+].[Li+].[Li+].[Li+]. The largest absolute Gasteiger partial charge is 1.00 e. The van der Waals surface area contributed by atoms with Crippen LogP contribution in [0.25, 0.3) is 0 Å². The molecule has 0 aliphatic rings. The molecule has 0 heterocycles. The first-order valence-corrected chi connectivity index (χ1v) is 5.90. The Hall–Kier alpha value is -0.570. The number of alkyl halides is 12. The zero-order valence-electron chi connectivity index (χ0n) is 16.8. The molecule has 24 heteroatoms. The number of carboxylic acid groups (broad SMARTS) is 4. The van der Waals surface area contributed by atoms with Crippen molar-refractivity contribution in [3.8, 4) is 0 Å². The molecule has 34 heavy (non-hydrogen) atoms. The van der Waals surface area contributed by atoms with E-state index in [2.05, 4.69) is 0 Å². The molecule has 0 amide bonds. The molecule has 0 aliphatic carbocycles. The van der Waals surface area contributed by atoms with Crippen LogP contribution in [-0.4, -0.2) is 48.6 Å². The fourth-order valence-electron chi connectivity index (χ4n) is 1.41. The van der Waals surface area contributed by atoms with E-state index in [1.165, 1.54) is 0 Å². The quantitative estimate of drug-likeness (QED) is 0.207. The fraction of sp³-hybridized carbons (Fsp3) is 0.600. The molecule has 0 aromatic carbocycles. The summed E-state index contributed by atoms with van der Waals surface area (Å²) < 4.78 is 142. The summed E-state index contributed by atoms with van der Waals surface area (Å²) in [6.07, 6.45) is -26.4. The Labute approximate surface area is 226 Å². The summed E-state index contributed by atoms with van der Waals surface area (Å²) in [6, 6.07) is 0. The average Bonchev–Trinajstić information content (AvgIpc) is 2.29. The molecule has 8 nitrogen and oxygen atoms in total. The van der Waals surface area contributed by atoms with E-state index in [0.717, 1.165) is 0 Å². The van der Waals surface area contributed by atoms with Gasteiger partial charge >= 0.3 is 100 Å². The summed E-state index contributed by atoms with van der Waals surface area (Å²) in [5.41, 5.74) is -12.0. The third-order valence-corrected chi connectivity index (χ3v) is 2.93. The van der Waals surface area contributed by atoms with E-state index in [1.807, 2.05) is 0 Å². The zero-order valence-corrected chi connectivity index (χ0v) is 16.8. The third-order valence-electron chi connectivity index (χ3n) is 2.93. The van der Waals surface area contributed by atoms with Crippen LogP contribution in [0.3, 0.4) is 0 Å². The molecule has 0 aromatic heterocycles. The number of halogens is 12. The van der Waals surface area contributed by atoms with Gasteiger partial charge in [0.2, 0.25) is 10.8 Å². The van der Waals surface area contributed by atoms with Crippen LogP contribution < -0.4 is 95.9 Å². The van der Waals surface area contributed by atoms with Gasteiger partial charge in [0.1, 0.15) is 0 Å². The maximum atomic E-state index is 11.8. The van der Waals surface area contributed by atoms with Crippen molar-refractivity contribution in [3.05, 3.63) is 0 Å². The van der Waals surface area contributed by atoms with E-state index < -0.39 is 59.4 Å². The van der Waals surface area contributed by atoms with Gasteiger partial charge in [-0.1, -0.05) is 0 Å². The Morgan fingerprint density at radius 2 is 0.441 bits per heavy atom. The molecule has 0 bridgehead atoms. The average molecular weight is 504 g/mol. The second-order valence-electron chi connectivity index (χ2n) is 4.64. The van der Waals surface area contributed by atoms with Crippen molar-refractivity contribution in [2.24, 2.45) is 10.8 Å². The molecular formula is C10F12Li4O8. The molecule has 0 fully saturated rings. The predicted octanol–water partition coefficient (Wildman–Crippen LogP) is -14.8. The van der Waals surface area contributed by atoms with Crippen molar-refractivity contribution in [1.82, 2.24) is 0 Å². The number of hydrogen-bond donors (Lipinski definition) is 0. The van der Waals surface area contributed by atoms with Crippen LogP contribution in [0.2, 0.25) is 0 Å². The smallest absolute Gasteiger partial charge is 0.548 e. The maximum absolute atomic E-state index is 11.8. The third kappa shape index (κ3) is 8.24. The summed E-state index contributed by atoms with van der Waals surface area (Å²) in [7, 11) is 0. The second-order valence-corrected chi connectivity index (χ2v) is 4.64. The molecule has 0 saturated carbocycles. The Balaban J connectivity index is -0.000000103. The van der Waals surface area contributed by atoms with Crippen LogP contribution in [0.5, 0.6) is 0 Å². The van der Waals surface area contributed by atoms with Crippen molar-refractivity contribution in [2.75, 3.05) is 0 Å². The summed E-state index contributed by atoms with van der Waals surface area (Å²) >= 11 is 0. The van der Waals surface area contributed by atoms with E-state index in [9.17, 15) is 92.3 Å². The van der Waals surface area contributed by atoms with Gasteiger partial charge in [0.25, 0.3) is 0 Å². The van der Waals surface area contributed by atoms with Crippen molar-refractivity contribution in [1.29, 1.82) is 0 Å². The zero-order chi connectivity index (χ0) is 25.3. The Morgan fingerprint density at radius 3 is 0.441 bits per heavy atom. The van der Waals surface area contributed by atoms with Crippen LogP contribution >= 0.6 is 0 Å². The standard InChI is InChI=1S/2C5H2F6O4.4Li/c2*6-4(7,8)3(1(12)13,2(14)15)5(9,10)11;;;;/h2*(H,12,13)(H,14,15);;;;/q;;4*+1/p-4. The van der Waals surface area contributed by atoms with Gasteiger partial charge < -0.3 is 39.6 Å². The van der Waals surface area contributed by atoms with Crippen molar-refractivity contribution < 1.29 is 168 Å². The first kappa shape index (κ1) is 46.7. The van der Waals surface area contributed by atoms with Gasteiger partial charge in [0, 0.05) is 0 Å². The topological polar surface area (TPSA) is 161 Å². The first-order chi connectivity index (χ1) is 12.8. The predicted molar refractivity (Wildman–Crippen MR) is 49.1 cm³/mol. The Kier molecular flexibility index (Phi) is 19.6. The summed E-state index contributed by atoms with van der Waals surface area (Å²) in [5, 5.41) is 39.1. The van der Waals surface area contributed by atoms with Crippen LogP contribution in [-0.2, 0) is 19.2 Å². The molecule has 0 unspecified atom stereocenters. The van der Waals surface area contributed by atoms with E-state index in [-0.39, 0.29) is 75.4 Å². The van der Waals surface area contributed by atoms with Crippen LogP contribution in [0, 0.1) is 10.8 Å². The first-order valence-electron chi connectivity index (χ1n) is 5.90. The van der Waals surface area contributed by atoms with Gasteiger partial charge in [-0.15, -0.1) is 0 Å². The molecule has 0 spiro atoms. The van der Waals surface area contributed by atoms with E-state index in [1.54, 1.807) is 0 Å². The number of rotatable bonds is 4. The molecule has 0 atom stereocenters. The molecule has 176 valence electrons. The van der Waals surface area contributed by atoms with Crippen LogP contribution in [0.15, 0.2) is 0 Å². The van der Waals surface area contributed by atoms with E-state index in [0.29, 0.717) is 0 Å². The molecule has 0 saturated heterocycles. The number of hydrogen-bond acceptors (Lipinski definition) is 8. The minimum absolute atomic E-state index is 0. The fourth-order valence-corrected chi connectivity index (χ4v) is 1.41. The summed E-state index contributed by atoms with van der Waals surface area (Å²) in [5.74, 6) is -15.4. The van der Waals surface area contributed by atoms with Crippen LogP contribution in [0.1, 0.15) is 0 Å². The molecule has 0 rings (SSSR count). The van der Waals surface area contributed by atoms with Gasteiger partial charge in [-0.3, -0.25) is 0 Å². The molecule has 0 N–H and O–H groups in total. The molecule has 0 radical (unpaired) electrons. The van der Waals surface area contributed by atoms with Gasteiger partial charge in [0.05, 0.1) is 23.9 Å². The summed E-state index contributed by atoms with van der Waals surface area (Å²) in [6.45, 7) is 0. The van der Waals surface area contributed by atoms with E-state index in [4.69, 9.17) is 0 Å². The van der Waals surface area contributed by atoms with Crippen molar-refractivity contribution in [2.45, 2.75) is 24.7 Å². The minimum Gasteiger partial charge on any atom is -0.548 e. The monoisotopic (exact) mass is 504 g/mol. The van der Waals surface area contributed by atoms with Crippen molar-refractivity contribution in [3.63, 3.8) is 0 Å². The number of aliphatic carboxylic acids is 4. The number of carbonyl (C=O) groups is 4. The number of carboxylic acids is 4. The Bertz CT molecular complexity index is 596. The molecule has 0 aromatic rings. The normalized spacial score (nSPS) is 12.1. The molecular weight excluding hydrogens is 504 g/mol. The van der Waals surface area contributed by atoms with Gasteiger partial charge in [-0.05, 0) is 0 Å². The van der Waals surface area contributed by atoms with Crippen LogP contribution in [0.4, 0.5) is 52.7 Å². The summed E-state index contributed by atoms with van der Waals surface area (Å²) in [4.78, 5) is 39.1. The van der Waals surface area contributed by atoms with Gasteiger partial charge in [-0.25, -0.2) is 0 Å². The minimum atomic E-state index is -6.61. The van der Waals surface area contributed by atoms with Gasteiger partial charge in [0.15, 0.2) is 0 Å². The van der Waals surface area contributed by atoms with Crippen molar-refractivity contribution >= 4 is 23.9 Å². The Morgan fingerprint density at radius 1 is 0.353 bits per heavy atom.